The zero-order valence-electron chi connectivity index (χ0n) is 17.8. The van der Waals surface area contributed by atoms with Gasteiger partial charge in [-0.25, -0.2) is 0 Å². The van der Waals surface area contributed by atoms with E-state index in [1.165, 1.54) is 0 Å². The van der Waals surface area contributed by atoms with Gasteiger partial charge in [-0.2, -0.15) is 0 Å². The minimum absolute atomic E-state index is 0.133. The van der Waals surface area contributed by atoms with Gasteiger partial charge in [0.25, 0.3) is 0 Å². The first-order valence-electron chi connectivity index (χ1n) is 10.8. The largest absolute Gasteiger partial charge is 0.385 e. The molecule has 0 radical (unpaired) electrons. The van der Waals surface area contributed by atoms with E-state index >= 15 is 0 Å². The summed E-state index contributed by atoms with van der Waals surface area (Å²) in [6.07, 6.45) is -0.809. The summed E-state index contributed by atoms with van der Waals surface area (Å²) in [7, 11) is -3.04. The van der Waals surface area contributed by atoms with E-state index in [0.29, 0.717) is 11.1 Å². The van der Waals surface area contributed by atoms with Crippen molar-refractivity contribution >= 4 is 17.8 Å². The number of benzene rings is 4. The highest BCUT2D eigenvalue weighted by Gasteiger charge is 2.41. The van der Waals surface area contributed by atoms with Crippen LogP contribution >= 0.6 is 7.14 Å². The Morgan fingerprint density at radius 3 is 1.53 bits per heavy atom. The molecule has 2 unspecified atom stereocenters. The molecule has 4 aromatic carbocycles. The SMILES string of the molecule is O=P(CCC(O)(c1ccccc1)C(O)c1ccccc1)(c1ccccc1)c1ccccc1. The van der Waals surface area contributed by atoms with Crippen LogP contribution in [0.1, 0.15) is 23.7 Å². The normalized spacial score (nSPS) is 14.4. The fourth-order valence-electron chi connectivity index (χ4n) is 4.15. The first-order valence-corrected chi connectivity index (χ1v) is 12.6. The molecule has 3 nitrogen and oxygen atoms in total. The second-order valence-corrected chi connectivity index (χ2v) is 10.9. The Morgan fingerprint density at radius 1 is 0.656 bits per heavy atom. The third kappa shape index (κ3) is 4.47. The zero-order chi connectivity index (χ0) is 22.4. The Bertz CT molecular complexity index is 1120. The molecule has 0 fully saturated rings. The van der Waals surface area contributed by atoms with Gasteiger partial charge in [0, 0.05) is 16.8 Å². The monoisotopic (exact) mass is 442 g/mol. The summed E-state index contributed by atoms with van der Waals surface area (Å²) in [6.45, 7) is 0. The molecule has 0 aliphatic rings. The molecule has 0 aliphatic heterocycles. The quantitative estimate of drug-likeness (QED) is 0.377. The Morgan fingerprint density at radius 2 is 1.06 bits per heavy atom. The van der Waals surface area contributed by atoms with Crippen molar-refractivity contribution in [2.24, 2.45) is 0 Å². The molecule has 2 atom stereocenters. The summed E-state index contributed by atoms with van der Waals surface area (Å²) < 4.78 is 14.5. The van der Waals surface area contributed by atoms with Crippen molar-refractivity contribution in [1.82, 2.24) is 0 Å². The van der Waals surface area contributed by atoms with Crippen LogP contribution in [0.4, 0.5) is 0 Å². The fraction of sp³-hybridized carbons (Fsp3) is 0.143. The Kier molecular flexibility index (Phi) is 6.72. The van der Waals surface area contributed by atoms with E-state index in [4.69, 9.17) is 0 Å². The molecule has 0 saturated carbocycles. The van der Waals surface area contributed by atoms with Crippen molar-refractivity contribution in [2.75, 3.05) is 6.16 Å². The van der Waals surface area contributed by atoms with Gasteiger partial charge in [-0.05, 0) is 17.5 Å². The lowest BCUT2D eigenvalue weighted by atomic mass is 9.82. The van der Waals surface area contributed by atoms with Gasteiger partial charge in [0.2, 0.25) is 0 Å². The van der Waals surface area contributed by atoms with Gasteiger partial charge in [-0.1, -0.05) is 121 Å². The van der Waals surface area contributed by atoms with Crippen molar-refractivity contribution in [3.05, 3.63) is 132 Å². The number of aliphatic hydroxyl groups excluding tert-OH is 1. The average Bonchev–Trinajstić information content (AvgIpc) is 2.88. The molecule has 0 bridgehead atoms. The highest BCUT2D eigenvalue weighted by Crippen LogP contribution is 2.48. The summed E-state index contributed by atoms with van der Waals surface area (Å²) in [6, 6.07) is 37.1. The van der Waals surface area contributed by atoms with Crippen molar-refractivity contribution in [3.8, 4) is 0 Å². The lowest BCUT2D eigenvalue weighted by Gasteiger charge is -2.35. The molecular formula is C28H27O3P. The predicted molar refractivity (Wildman–Crippen MR) is 131 cm³/mol. The second-order valence-electron chi connectivity index (χ2n) is 7.99. The Balaban J connectivity index is 1.75. The molecule has 32 heavy (non-hydrogen) atoms. The predicted octanol–water partition coefficient (Wildman–Crippen LogP) is 5.01. The molecule has 0 spiro atoms. The van der Waals surface area contributed by atoms with Crippen molar-refractivity contribution in [3.63, 3.8) is 0 Å². The fourth-order valence-corrected chi connectivity index (χ4v) is 6.93. The molecule has 0 amide bonds. The van der Waals surface area contributed by atoms with E-state index in [1.54, 1.807) is 12.1 Å². The van der Waals surface area contributed by atoms with Gasteiger partial charge in [-0.15, -0.1) is 0 Å². The maximum atomic E-state index is 14.5. The van der Waals surface area contributed by atoms with Crippen LogP contribution in [0.3, 0.4) is 0 Å². The molecule has 4 heteroatoms. The van der Waals surface area contributed by atoms with Crippen molar-refractivity contribution < 1.29 is 14.8 Å². The van der Waals surface area contributed by atoms with E-state index in [1.807, 2.05) is 109 Å². The van der Waals surface area contributed by atoms with E-state index < -0.39 is 18.8 Å². The summed E-state index contributed by atoms with van der Waals surface area (Å²) in [4.78, 5) is 0. The third-order valence-electron chi connectivity index (χ3n) is 6.00. The van der Waals surface area contributed by atoms with Crippen molar-refractivity contribution in [1.29, 1.82) is 0 Å². The molecule has 2 N–H and O–H groups in total. The van der Waals surface area contributed by atoms with Gasteiger partial charge >= 0.3 is 0 Å². The Labute approximate surface area is 189 Å². The maximum absolute atomic E-state index is 14.5. The summed E-state index contributed by atoms with van der Waals surface area (Å²) >= 11 is 0. The molecule has 0 aromatic heterocycles. The van der Waals surface area contributed by atoms with Crippen LogP contribution in [-0.2, 0) is 10.2 Å². The number of hydrogen-bond donors (Lipinski definition) is 2. The zero-order valence-corrected chi connectivity index (χ0v) is 18.7. The van der Waals surface area contributed by atoms with Crippen LogP contribution in [0.25, 0.3) is 0 Å². The van der Waals surface area contributed by atoms with Crippen molar-refractivity contribution in [2.45, 2.75) is 18.1 Å². The molecule has 0 heterocycles. The van der Waals surface area contributed by atoms with Gasteiger partial charge in [0.15, 0.2) is 0 Å². The minimum atomic E-state index is -3.04. The lowest BCUT2D eigenvalue weighted by molar-refractivity contribution is -0.0852. The molecule has 162 valence electrons. The molecule has 4 rings (SSSR count). The second kappa shape index (κ2) is 9.67. The molecule has 0 aliphatic carbocycles. The van der Waals surface area contributed by atoms with Gasteiger partial charge in [-0.3, -0.25) is 0 Å². The third-order valence-corrected chi connectivity index (χ3v) is 9.11. The van der Waals surface area contributed by atoms with Crippen LogP contribution in [-0.4, -0.2) is 16.4 Å². The van der Waals surface area contributed by atoms with E-state index in [9.17, 15) is 14.8 Å². The Hall–Kier alpha value is -2.97. The molecule has 4 aromatic rings. The lowest BCUT2D eigenvalue weighted by Crippen LogP contribution is -2.36. The average molecular weight is 442 g/mol. The summed E-state index contributed by atoms with van der Waals surface area (Å²) in [5.74, 6) is 0. The number of hydrogen-bond acceptors (Lipinski definition) is 3. The molecular weight excluding hydrogens is 415 g/mol. The summed E-state index contributed by atoms with van der Waals surface area (Å²) in [5.41, 5.74) is -0.376. The highest BCUT2D eigenvalue weighted by atomic mass is 31.2. The molecule has 0 saturated heterocycles. The maximum Gasteiger partial charge on any atom is 0.143 e. The van der Waals surface area contributed by atoms with Crippen LogP contribution in [0.2, 0.25) is 0 Å². The number of aliphatic hydroxyl groups is 2. The van der Waals surface area contributed by atoms with Gasteiger partial charge in [0.1, 0.15) is 18.8 Å². The van der Waals surface area contributed by atoms with Crippen LogP contribution in [0, 0.1) is 0 Å². The first kappa shape index (κ1) is 22.2. The number of rotatable bonds is 8. The van der Waals surface area contributed by atoms with E-state index in [-0.39, 0.29) is 12.6 Å². The van der Waals surface area contributed by atoms with Gasteiger partial charge in [0.05, 0.1) is 0 Å². The van der Waals surface area contributed by atoms with E-state index in [2.05, 4.69) is 0 Å². The van der Waals surface area contributed by atoms with Crippen LogP contribution in [0.15, 0.2) is 121 Å². The van der Waals surface area contributed by atoms with E-state index in [0.717, 1.165) is 10.6 Å². The topological polar surface area (TPSA) is 57.5 Å². The smallest absolute Gasteiger partial charge is 0.143 e. The van der Waals surface area contributed by atoms with Crippen LogP contribution < -0.4 is 10.6 Å². The summed E-state index contributed by atoms with van der Waals surface area (Å²) in [5, 5.41) is 24.7. The first-order chi connectivity index (χ1) is 15.5. The minimum Gasteiger partial charge on any atom is -0.385 e. The highest BCUT2D eigenvalue weighted by molar-refractivity contribution is 7.78. The van der Waals surface area contributed by atoms with Crippen LogP contribution in [0.5, 0.6) is 0 Å². The van der Waals surface area contributed by atoms with Gasteiger partial charge < -0.3 is 14.8 Å². The standard InChI is InChI=1S/C28H27O3P/c29-27(23-13-5-1-6-14-23)28(30,24-15-7-2-8-16-24)21-22-32(31,25-17-9-3-10-18-25)26-19-11-4-12-20-26/h1-20,27,29-30H,21-22H2.